The highest BCUT2D eigenvalue weighted by atomic mass is 16.5. The Morgan fingerprint density at radius 1 is 1.20 bits per heavy atom. The van der Waals surface area contributed by atoms with Gasteiger partial charge in [-0.05, 0) is 49.9 Å². The third-order valence-corrected chi connectivity index (χ3v) is 5.60. The Labute approximate surface area is 178 Å². The van der Waals surface area contributed by atoms with E-state index in [-0.39, 0.29) is 12.0 Å². The second kappa shape index (κ2) is 9.34. The van der Waals surface area contributed by atoms with E-state index in [4.69, 9.17) is 9.47 Å². The number of hydrogen-bond acceptors (Lipinski definition) is 5. The molecule has 1 aromatic heterocycles. The molecular formula is C23H31N3O4. The Hall–Kier alpha value is -2.80. The van der Waals surface area contributed by atoms with Gasteiger partial charge in [0.1, 0.15) is 5.69 Å². The summed E-state index contributed by atoms with van der Waals surface area (Å²) in [6, 6.07) is 8.17. The molecule has 2 heterocycles. The summed E-state index contributed by atoms with van der Waals surface area (Å²) in [5, 5.41) is 0. The maximum Gasteiger partial charge on any atom is 0.339 e. The molecule has 7 heteroatoms. The van der Waals surface area contributed by atoms with Crippen molar-refractivity contribution in [3.63, 3.8) is 0 Å². The first kappa shape index (κ1) is 21.9. The number of anilines is 1. The molecule has 1 aliphatic rings. The van der Waals surface area contributed by atoms with Crippen LogP contribution in [0.5, 0.6) is 0 Å². The Morgan fingerprint density at radius 3 is 2.47 bits per heavy atom. The molecule has 1 saturated heterocycles. The SMILES string of the molecule is COC(=O)c1c(C)[nH]c(C(=O)N(Cc2ccc(N(C)C)cc2)CC2CCCO2)c1C. The Bertz CT molecular complexity index is 896. The molecule has 1 fully saturated rings. The minimum atomic E-state index is -0.440. The van der Waals surface area contributed by atoms with Crippen molar-refractivity contribution in [1.82, 2.24) is 9.88 Å². The number of amides is 1. The first-order chi connectivity index (χ1) is 14.3. The third kappa shape index (κ3) is 4.67. The fourth-order valence-electron chi connectivity index (χ4n) is 3.90. The van der Waals surface area contributed by atoms with Crippen LogP contribution >= 0.6 is 0 Å². The van der Waals surface area contributed by atoms with Crippen LogP contribution < -0.4 is 4.90 Å². The maximum atomic E-state index is 13.5. The number of ether oxygens (including phenoxy) is 2. The average Bonchev–Trinajstić information content (AvgIpc) is 3.34. The summed E-state index contributed by atoms with van der Waals surface area (Å²) in [7, 11) is 5.34. The number of H-pyrrole nitrogens is 1. The molecule has 1 N–H and O–H groups in total. The van der Waals surface area contributed by atoms with E-state index >= 15 is 0 Å². The molecule has 3 rings (SSSR count). The monoisotopic (exact) mass is 413 g/mol. The van der Waals surface area contributed by atoms with Crippen LogP contribution in [0.2, 0.25) is 0 Å². The lowest BCUT2D eigenvalue weighted by Crippen LogP contribution is -2.37. The highest BCUT2D eigenvalue weighted by molar-refractivity contribution is 6.00. The van der Waals surface area contributed by atoms with Crippen LogP contribution in [0.25, 0.3) is 0 Å². The Kier molecular flexibility index (Phi) is 6.82. The van der Waals surface area contributed by atoms with Crippen LogP contribution in [0.4, 0.5) is 5.69 Å². The number of carbonyl (C=O) groups excluding carboxylic acids is 2. The van der Waals surface area contributed by atoms with Crippen molar-refractivity contribution in [3.05, 3.63) is 52.3 Å². The van der Waals surface area contributed by atoms with Crippen LogP contribution in [0.3, 0.4) is 0 Å². The van der Waals surface area contributed by atoms with Crippen LogP contribution in [-0.2, 0) is 16.0 Å². The molecule has 162 valence electrons. The quantitative estimate of drug-likeness (QED) is 0.705. The molecule has 1 unspecified atom stereocenters. The molecule has 7 nitrogen and oxygen atoms in total. The number of methoxy groups -OCH3 is 1. The summed E-state index contributed by atoms with van der Waals surface area (Å²) in [5.41, 5.74) is 4.25. The zero-order valence-electron chi connectivity index (χ0n) is 18.4. The second-order valence-corrected chi connectivity index (χ2v) is 8.00. The van der Waals surface area contributed by atoms with Gasteiger partial charge in [0.2, 0.25) is 0 Å². The number of hydrogen-bond donors (Lipinski definition) is 1. The number of esters is 1. The van der Waals surface area contributed by atoms with Crippen molar-refractivity contribution >= 4 is 17.6 Å². The lowest BCUT2D eigenvalue weighted by molar-refractivity contribution is 0.0502. The summed E-state index contributed by atoms with van der Waals surface area (Å²) in [6.07, 6.45) is 1.99. The number of benzene rings is 1. The molecule has 0 radical (unpaired) electrons. The molecule has 1 aliphatic heterocycles. The molecule has 0 spiro atoms. The fraction of sp³-hybridized carbons (Fsp3) is 0.478. The number of aromatic amines is 1. The van der Waals surface area contributed by atoms with E-state index in [1.165, 1.54) is 7.11 Å². The molecule has 1 atom stereocenters. The summed E-state index contributed by atoms with van der Waals surface area (Å²) < 4.78 is 10.7. The topological polar surface area (TPSA) is 74.9 Å². The first-order valence-corrected chi connectivity index (χ1v) is 10.3. The smallest absolute Gasteiger partial charge is 0.339 e. The lowest BCUT2D eigenvalue weighted by atomic mass is 10.1. The van der Waals surface area contributed by atoms with E-state index in [9.17, 15) is 9.59 Å². The van der Waals surface area contributed by atoms with E-state index in [0.717, 1.165) is 30.7 Å². The van der Waals surface area contributed by atoms with Gasteiger partial charge in [0.15, 0.2) is 0 Å². The van der Waals surface area contributed by atoms with E-state index in [0.29, 0.717) is 35.6 Å². The van der Waals surface area contributed by atoms with Crippen molar-refractivity contribution in [3.8, 4) is 0 Å². The van der Waals surface area contributed by atoms with Gasteiger partial charge in [-0.15, -0.1) is 0 Å². The lowest BCUT2D eigenvalue weighted by Gasteiger charge is -2.26. The summed E-state index contributed by atoms with van der Waals surface area (Å²) in [6.45, 7) is 5.27. The van der Waals surface area contributed by atoms with Gasteiger partial charge >= 0.3 is 5.97 Å². The Balaban J connectivity index is 1.88. The molecule has 0 bridgehead atoms. The van der Waals surface area contributed by atoms with Gasteiger partial charge in [-0.1, -0.05) is 12.1 Å². The summed E-state index contributed by atoms with van der Waals surface area (Å²) in [4.78, 5) is 32.6. The zero-order chi connectivity index (χ0) is 21.8. The fourth-order valence-corrected chi connectivity index (χ4v) is 3.90. The molecule has 1 amide bonds. The zero-order valence-corrected chi connectivity index (χ0v) is 18.4. The largest absolute Gasteiger partial charge is 0.465 e. The normalized spacial score (nSPS) is 15.8. The van der Waals surface area contributed by atoms with Crippen LogP contribution in [0, 0.1) is 13.8 Å². The minimum Gasteiger partial charge on any atom is -0.465 e. The summed E-state index contributed by atoms with van der Waals surface area (Å²) >= 11 is 0. The number of nitrogens with zero attached hydrogens (tertiary/aromatic N) is 2. The third-order valence-electron chi connectivity index (χ3n) is 5.60. The number of nitrogens with one attached hydrogen (secondary N) is 1. The standard InChI is InChI=1S/C23H31N3O4/c1-15-20(23(28)29-5)16(2)24-21(15)22(27)26(14-19-7-6-12-30-19)13-17-8-10-18(11-9-17)25(3)4/h8-11,19,24H,6-7,12-14H2,1-5H3. The number of aryl methyl sites for hydroxylation is 1. The van der Waals surface area contributed by atoms with Gasteiger partial charge in [-0.25, -0.2) is 4.79 Å². The maximum absolute atomic E-state index is 13.5. The Morgan fingerprint density at radius 2 is 1.90 bits per heavy atom. The highest BCUT2D eigenvalue weighted by Gasteiger charge is 2.28. The van der Waals surface area contributed by atoms with Gasteiger partial charge < -0.3 is 24.3 Å². The van der Waals surface area contributed by atoms with E-state index in [1.807, 2.05) is 43.3 Å². The summed E-state index contributed by atoms with van der Waals surface area (Å²) in [5.74, 6) is -0.580. The van der Waals surface area contributed by atoms with Gasteiger partial charge in [-0.3, -0.25) is 4.79 Å². The van der Waals surface area contributed by atoms with Crippen LogP contribution in [-0.4, -0.2) is 62.2 Å². The van der Waals surface area contributed by atoms with Crippen molar-refractivity contribution < 1.29 is 19.1 Å². The first-order valence-electron chi connectivity index (χ1n) is 10.3. The predicted octanol–water partition coefficient (Wildman–Crippen LogP) is 3.31. The van der Waals surface area contributed by atoms with Gasteiger partial charge in [0.25, 0.3) is 5.91 Å². The highest BCUT2D eigenvalue weighted by Crippen LogP contribution is 2.23. The molecule has 0 aliphatic carbocycles. The van der Waals surface area contributed by atoms with Crippen molar-refractivity contribution in [1.29, 1.82) is 0 Å². The van der Waals surface area contributed by atoms with Crippen molar-refractivity contribution in [2.45, 2.75) is 39.3 Å². The predicted molar refractivity (Wildman–Crippen MR) is 116 cm³/mol. The molecular weight excluding hydrogens is 382 g/mol. The van der Waals surface area contributed by atoms with Crippen molar-refractivity contribution in [2.24, 2.45) is 0 Å². The van der Waals surface area contributed by atoms with E-state index in [2.05, 4.69) is 4.98 Å². The molecule has 0 saturated carbocycles. The van der Waals surface area contributed by atoms with Crippen LogP contribution in [0.15, 0.2) is 24.3 Å². The van der Waals surface area contributed by atoms with Gasteiger partial charge in [0, 0.05) is 45.2 Å². The average molecular weight is 414 g/mol. The second-order valence-electron chi connectivity index (χ2n) is 8.00. The number of aromatic nitrogens is 1. The molecule has 30 heavy (non-hydrogen) atoms. The number of carbonyl (C=O) groups is 2. The molecule has 1 aromatic carbocycles. The molecule has 2 aromatic rings. The minimum absolute atomic E-state index is 0.0337. The van der Waals surface area contributed by atoms with E-state index in [1.54, 1.807) is 18.7 Å². The van der Waals surface area contributed by atoms with Crippen molar-refractivity contribution in [2.75, 3.05) is 39.3 Å². The van der Waals surface area contributed by atoms with Crippen LogP contribution in [0.1, 0.15) is 50.5 Å². The van der Waals surface area contributed by atoms with E-state index < -0.39 is 5.97 Å². The number of rotatable bonds is 7. The van der Waals surface area contributed by atoms with Gasteiger partial charge in [0.05, 0.1) is 18.8 Å². The van der Waals surface area contributed by atoms with Gasteiger partial charge in [-0.2, -0.15) is 0 Å².